The van der Waals surface area contributed by atoms with Crippen molar-refractivity contribution < 1.29 is 9.66 Å². The molecular formula is C12H13NO3. The van der Waals surface area contributed by atoms with Gasteiger partial charge in [-0.3, -0.25) is 10.1 Å². The van der Waals surface area contributed by atoms with Crippen LogP contribution in [-0.4, -0.2) is 17.1 Å². The summed E-state index contributed by atoms with van der Waals surface area (Å²) < 4.78 is 5.79. The molecule has 0 N–H and O–H groups in total. The minimum atomic E-state index is -0.567. The summed E-state index contributed by atoms with van der Waals surface area (Å²) in [5.41, 5.74) is 0.959. The third kappa shape index (κ3) is 1.54. The van der Waals surface area contributed by atoms with Gasteiger partial charge in [-0.1, -0.05) is 18.2 Å². The van der Waals surface area contributed by atoms with Crippen molar-refractivity contribution in [2.75, 3.05) is 0 Å². The lowest BCUT2D eigenvalue weighted by molar-refractivity contribution is -0.535. The van der Waals surface area contributed by atoms with Crippen LogP contribution in [0.25, 0.3) is 0 Å². The number of para-hydroxylation sites is 1. The van der Waals surface area contributed by atoms with Gasteiger partial charge in [-0.25, -0.2) is 0 Å². The second-order valence-electron chi connectivity index (χ2n) is 4.58. The molecule has 0 aromatic heterocycles. The molecular weight excluding hydrogens is 206 g/mol. The molecule has 84 valence electrons. The number of rotatable bonds is 2. The van der Waals surface area contributed by atoms with Gasteiger partial charge in [-0.05, 0) is 18.9 Å². The Morgan fingerprint density at radius 3 is 2.75 bits per heavy atom. The van der Waals surface area contributed by atoms with Crippen LogP contribution in [0.1, 0.15) is 18.4 Å². The SMILES string of the molecule is O=[N+]([O-])[C@H]1Cc2ccccc2O[C@H]1C1CC1. The van der Waals surface area contributed by atoms with Crippen LogP contribution in [0, 0.1) is 16.0 Å². The topological polar surface area (TPSA) is 52.4 Å². The predicted octanol–water partition coefficient (Wildman–Crippen LogP) is 2.05. The van der Waals surface area contributed by atoms with E-state index in [4.69, 9.17) is 4.74 Å². The number of nitro groups is 1. The molecule has 1 saturated carbocycles. The van der Waals surface area contributed by atoms with Crippen LogP contribution < -0.4 is 4.74 Å². The molecule has 1 heterocycles. The fraction of sp³-hybridized carbons (Fsp3) is 0.500. The van der Waals surface area contributed by atoms with Crippen LogP contribution in [0.2, 0.25) is 0 Å². The molecule has 0 unspecified atom stereocenters. The molecule has 3 rings (SSSR count). The van der Waals surface area contributed by atoms with Crippen molar-refractivity contribution in [1.29, 1.82) is 0 Å². The molecule has 0 spiro atoms. The lowest BCUT2D eigenvalue weighted by Crippen LogP contribution is -2.44. The Bertz CT molecular complexity index is 428. The molecule has 1 aromatic carbocycles. The molecule has 2 aliphatic rings. The molecule has 16 heavy (non-hydrogen) atoms. The average molecular weight is 219 g/mol. The second kappa shape index (κ2) is 3.47. The highest BCUT2D eigenvalue weighted by Gasteiger charge is 2.47. The number of hydrogen-bond acceptors (Lipinski definition) is 3. The summed E-state index contributed by atoms with van der Waals surface area (Å²) in [6.45, 7) is 0. The highest BCUT2D eigenvalue weighted by atomic mass is 16.6. The van der Waals surface area contributed by atoms with E-state index < -0.39 is 6.04 Å². The number of benzene rings is 1. The Labute approximate surface area is 93.4 Å². The van der Waals surface area contributed by atoms with Crippen molar-refractivity contribution in [1.82, 2.24) is 0 Å². The number of fused-ring (bicyclic) bond motifs is 1. The first-order chi connectivity index (χ1) is 7.75. The van der Waals surface area contributed by atoms with Gasteiger partial charge in [-0.2, -0.15) is 0 Å². The first-order valence-electron chi connectivity index (χ1n) is 5.64. The van der Waals surface area contributed by atoms with E-state index in [1.54, 1.807) is 0 Å². The zero-order valence-electron chi connectivity index (χ0n) is 8.83. The summed E-state index contributed by atoms with van der Waals surface area (Å²) in [4.78, 5) is 10.9. The van der Waals surface area contributed by atoms with Gasteiger partial charge < -0.3 is 4.74 Å². The van der Waals surface area contributed by atoms with E-state index in [0.717, 1.165) is 24.2 Å². The van der Waals surface area contributed by atoms with Crippen molar-refractivity contribution in [2.24, 2.45) is 5.92 Å². The minimum absolute atomic E-state index is 0.182. The van der Waals surface area contributed by atoms with Crippen LogP contribution in [0.3, 0.4) is 0 Å². The maximum absolute atomic E-state index is 11.0. The first kappa shape index (κ1) is 9.63. The largest absolute Gasteiger partial charge is 0.483 e. The molecule has 0 saturated heterocycles. The summed E-state index contributed by atoms with van der Waals surface area (Å²) in [6.07, 6.45) is 2.42. The van der Waals surface area contributed by atoms with Gasteiger partial charge in [0.2, 0.25) is 0 Å². The van der Waals surface area contributed by atoms with E-state index in [1.807, 2.05) is 24.3 Å². The van der Waals surface area contributed by atoms with Crippen LogP contribution in [-0.2, 0) is 6.42 Å². The molecule has 1 aliphatic carbocycles. The fourth-order valence-electron chi connectivity index (χ4n) is 2.38. The second-order valence-corrected chi connectivity index (χ2v) is 4.58. The predicted molar refractivity (Wildman–Crippen MR) is 58.1 cm³/mol. The van der Waals surface area contributed by atoms with Crippen LogP contribution in [0.4, 0.5) is 0 Å². The molecule has 2 atom stereocenters. The molecule has 1 aromatic rings. The smallest absolute Gasteiger partial charge is 0.253 e. The van der Waals surface area contributed by atoms with Crippen LogP contribution >= 0.6 is 0 Å². The van der Waals surface area contributed by atoms with Crippen molar-refractivity contribution in [2.45, 2.75) is 31.4 Å². The van der Waals surface area contributed by atoms with Gasteiger partial charge in [-0.15, -0.1) is 0 Å². The lowest BCUT2D eigenvalue weighted by atomic mass is 9.95. The molecule has 0 radical (unpaired) electrons. The van der Waals surface area contributed by atoms with Gasteiger partial charge in [0, 0.05) is 22.8 Å². The highest BCUT2D eigenvalue weighted by Crippen LogP contribution is 2.41. The van der Waals surface area contributed by atoms with Gasteiger partial charge in [0.1, 0.15) is 5.75 Å². The third-order valence-electron chi connectivity index (χ3n) is 3.40. The summed E-state index contributed by atoms with van der Waals surface area (Å²) in [6, 6.07) is 7.06. The summed E-state index contributed by atoms with van der Waals surface area (Å²) in [7, 11) is 0. The molecule has 4 heteroatoms. The third-order valence-corrected chi connectivity index (χ3v) is 3.40. The van der Waals surface area contributed by atoms with Crippen molar-refractivity contribution >= 4 is 0 Å². The number of nitrogens with zero attached hydrogens (tertiary/aromatic N) is 1. The van der Waals surface area contributed by atoms with E-state index in [9.17, 15) is 10.1 Å². The number of hydrogen-bond donors (Lipinski definition) is 0. The van der Waals surface area contributed by atoms with Crippen LogP contribution in [0.15, 0.2) is 24.3 Å². The Hall–Kier alpha value is -1.58. The number of ether oxygens (including phenoxy) is 1. The van der Waals surface area contributed by atoms with E-state index in [0.29, 0.717) is 12.3 Å². The van der Waals surface area contributed by atoms with Gasteiger partial charge >= 0.3 is 0 Å². The monoisotopic (exact) mass is 219 g/mol. The van der Waals surface area contributed by atoms with E-state index in [-0.39, 0.29) is 11.0 Å². The molecule has 1 aliphatic heterocycles. The molecule has 4 nitrogen and oxygen atoms in total. The maximum atomic E-state index is 11.0. The summed E-state index contributed by atoms with van der Waals surface area (Å²) >= 11 is 0. The van der Waals surface area contributed by atoms with E-state index in [1.165, 1.54) is 0 Å². The van der Waals surface area contributed by atoms with Crippen molar-refractivity contribution in [3.05, 3.63) is 39.9 Å². The van der Waals surface area contributed by atoms with Crippen molar-refractivity contribution in [3.63, 3.8) is 0 Å². The minimum Gasteiger partial charge on any atom is -0.483 e. The zero-order valence-corrected chi connectivity index (χ0v) is 8.83. The van der Waals surface area contributed by atoms with Gasteiger partial charge in [0.05, 0.1) is 0 Å². The normalized spacial score (nSPS) is 28.0. The average Bonchev–Trinajstić information content (AvgIpc) is 3.11. The highest BCUT2D eigenvalue weighted by molar-refractivity contribution is 5.36. The quantitative estimate of drug-likeness (QED) is 0.565. The summed E-state index contributed by atoms with van der Waals surface area (Å²) in [5.74, 6) is 1.22. The van der Waals surface area contributed by atoms with Crippen LogP contribution in [0.5, 0.6) is 5.75 Å². The molecule has 0 amide bonds. The maximum Gasteiger partial charge on any atom is 0.253 e. The fourth-order valence-corrected chi connectivity index (χ4v) is 2.38. The molecule has 0 bridgehead atoms. The van der Waals surface area contributed by atoms with Gasteiger partial charge in [0.25, 0.3) is 6.04 Å². The Kier molecular flexibility index (Phi) is 2.09. The van der Waals surface area contributed by atoms with Gasteiger partial charge in [0.15, 0.2) is 6.10 Å². The first-order valence-corrected chi connectivity index (χ1v) is 5.64. The van der Waals surface area contributed by atoms with Crippen molar-refractivity contribution in [3.8, 4) is 5.75 Å². The van der Waals surface area contributed by atoms with E-state index >= 15 is 0 Å². The zero-order chi connectivity index (χ0) is 11.1. The Morgan fingerprint density at radius 2 is 2.06 bits per heavy atom. The standard InChI is InChI=1S/C12H13NO3/c14-13(15)10-7-9-3-1-2-4-11(9)16-12(10)8-5-6-8/h1-4,8,10,12H,5-7H2/t10-,12-/m0/s1. The molecule has 1 fully saturated rings. The lowest BCUT2D eigenvalue weighted by Gasteiger charge is -2.28. The Balaban J connectivity index is 1.93. The van der Waals surface area contributed by atoms with E-state index in [2.05, 4.69) is 0 Å². The Morgan fingerprint density at radius 1 is 1.31 bits per heavy atom. The summed E-state index contributed by atoms with van der Waals surface area (Å²) in [5, 5.41) is 11.0.